The molecule has 0 nitrogen and oxygen atoms in total. The van der Waals surface area contributed by atoms with Crippen LogP contribution < -0.4 is 0 Å². The van der Waals surface area contributed by atoms with Gasteiger partial charge < -0.3 is 0 Å². The summed E-state index contributed by atoms with van der Waals surface area (Å²) >= 11 is 0. The third-order valence-electron chi connectivity index (χ3n) is 11.6. The fourth-order valence-corrected chi connectivity index (χ4v) is 9.30. The molecule has 6 aromatic rings. The van der Waals surface area contributed by atoms with E-state index < -0.39 is 0 Å². The maximum atomic E-state index is 2.50. The number of allylic oxidation sites excluding steroid dienone is 6. The smallest absolute Gasteiger partial charge is 0.0159 e. The Morgan fingerprint density at radius 2 is 1.13 bits per heavy atom. The Morgan fingerprint density at radius 1 is 0.532 bits per heavy atom. The highest BCUT2D eigenvalue weighted by atomic mass is 14.4. The number of hydrogen-bond acceptors (Lipinski definition) is 0. The second-order valence-electron chi connectivity index (χ2n) is 14.3. The standard InChI is InChI=1S/C47H36/c1-47(2)44-17-8-7-14-39(44)40-23-22-31(28-45(40)47)34-25-24-32(35-10-3-4-11-36(34)35)29-18-20-30(21-19-29)33-26-27-43-38-13-6-5-12-37(38)42-16-9-15-41(33)46(42)43/h3-8,10-14,16-28,37-38H,9,15H2,1-2H3. The summed E-state index contributed by atoms with van der Waals surface area (Å²) in [6.45, 7) is 4.72. The van der Waals surface area contributed by atoms with Crippen LogP contribution in [-0.4, -0.2) is 0 Å². The van der Waals surface area contributed by atoms with E-state index in [9.17, 15) is 0 Å². The molecule has 0 saturated carbocycles. The molecule has 0 aromatic heterocycles. The molecule has 0 amide bonds. The molecular formula is C47H36. The lowest BCUT2D eigenvalue weighted by Gasteiger charge is -2.22. The number of benzene rings is 6. The van der Waals surface area contributed by atoms with Crippen molar-refractivity contribution in [3.63, 3.8) is 0 Å². The Bertz CT molecular complexity index is 2370. The monoisotopic (exact) mass is 600 g/mol. The third-order valence-corrected chi connectivity index (χ3v) is 11.6. The van der Waals surface area contributed by atoms with E-state index in [2.05, 4.69) is 159 Å². The summed E-state index contributed by atoms with van der Waals surface area (Å²) in [6, 6.07) is 43.7. The van der Waals surface area contributed by atoms with Crippen LogP contribution in [0.15, 0.2) is 146 Å². The number of rotatable bonds is 3. The zero-order chi connectivity index (χ0) is 31.3. The lowest BCUT2D eigenvalue weighted by atomic mass is 9.81. The van der Waals surface area contributed by atoms with Crippen LogP contribution in [0.1, 0.15) is 54.0 Å². The summed E-state index contributed by atoms with van der Waals surface area (Å²) in [5.74, 6) is 0.993. The molecule has 4 aliphatic rings. The Hall–Kier alpha value is -5.20. The minimum absolute atomic E-state index is 0.0130. The Balaban J connectivity index is 1.03. The Labute approximate surface area is 277 Å². The van der Waals surface area contributed by atoms with Crippen molar-refractivity contribution in [1.29, 1.82) is 0 Å². The molecule has 0 aliphatic heterocycles. The predicted octanol–water partition coefficient (Wildman–Crippen LogP) is 12.3. The van der Waals surface area contributed by atoms with Gasteiger partial charge >= 0.3 is 0 Å². The molecule has 0 radical (unpaired) electrons. The fraction of sp³-hybridized carbons (Fsp3) is 0.149. The molecule has 0 N–H and O–H groups in total. The van der Waals surface area contributed by atoms with Crippen LogP contribution in [-0.2, 0) is 11.8 Å². The van der Waals surface area contributed by atoms with E-state index >= 15 is 0 Å². The fourth-order valence-electron chi connectivity index (χ4n) is 9.30. The van der Waals surface area contributed by atoms with Crippen molar-refractivity contribution in [3.05, 3.63) is 173 Å². The highest BCUT2D eigenvalue weighted by Crippen LogP contribution is 2.54. The van der Waals surface area contributed by atoms with E-state index in [1.54, 1.807) is 11.1 Å². The second-order valence-corrected chi connectivity index (χ2v) is 14.3. The quantitative estimate of drug-likeness (QED) is 0.190. The summed E-state index contributed by atoms with van der Waals surface area (Å²) < 4.78 is 0. The molecule has 0 heteroatoms. The van der Waals surface area contributed by atoms with Crippen LogP contribution in [0.4, 0.5) is 0 Å². The van der Waals surface area contributed by atoms with Gasteiger partial charge in [0, 0.05) is 17.3 Å². The molecule has 0 fully saturated rings. The molecule has 0 saturated heterocycles. The molecule has 0 spiro atoms. The minimum atomic E-state index is -0.0130. The average Bonchev–Trinajstić information content (AvgIpc) is 3.57. The SMILES string of the molecule is CC1(C)c2ccccc2-c2ccc(-c3ccc(-c4ccc(-c5ccc6c7c5CCC=C7C5C=CC=CC65)cc4)c4ccccc34)cc21. The maximum absolute atomic E-state index is 2.50. The highest BCUT2D eigenvalue weighted by Gasteiger charge is 2.38. The first-order valence-corrected chi connectivity index (χ1v) is 17.2. The molecule has 2 atom stereocenters. The van der Waals surface area contributed by atoms with Crippen molar-refractivity contribution in [3.8, 4) is 44.5 Å². The van der Waals surface area contributed by atoms with Gasteiger partial charge in [0.15, 0.2) is 0 Å². The molecule has 4 aliphatic carbocycles. The van der Waals surface area contributed by atoms with Crippen LogP contribution in [0, 0.1) is 5.92 Å². The Morgan fingerprint density at radius 3 is 1.91 bits per heavy atom. The summed E-state index contributed by atoms with van der Waals surface area (Å²) in [6.07, 6.45) is 14.0. The van der Waals surface area contributed by atoms with Crippen molar-refractivity contribution in [2.75, 3.05) is 0 Å². The van der Waals surface area contributed by atoms with E-state index in [1.165, 1.54) is 77.5 Å². The number of hydrogen-bond donors (Lipinski definition) is 0. The van der Waals surface area contributed by atoms with Gasteiger partial charge in [-0.1, -0.05) is 153 Å². The first-order chi connectivity index (χ1) is 23.1. The van der Waals surface area contributed by atoms with Gasteiger partial charge in [-0.05, 0) is 108 Å². The van der Waals surface area contributed by atoms with Crippen LogP contribution in [0.2, 0.25) is 0 Å². The van der Waals surface area contributed by atoms with Gasteiger partial charge in [-0.15, -0.1) is 0 Å². The predicted molar refractivity (Wildman–Crippen MR) is 199 cm³/mol. The first kappa shape index (κ1) is 27.0. The van der Waals surface area contributed by atoms with Crippen LogP contribution in [0.5, 0.6) is 0 Å². The summed E-state index contributed by atoms with van der Waals surface area (Å²) in [4.78, 5) is 0. The van der Waals surface area contributed by atoms with E-state index in [-0.39, 0.29) is 5.41 Å². The zero-order valence-corrected chi connectivity index (χ0v) is 26.9. The minimum Gasteiger partial charge on any atom is -0.0797 e. The van der Waals surface area contributed by atoms with E-state index in [0.29, 0.717) is 11.8 Å². The van der Waals surface area contributed by atoms with E-state index in [1.807, 2.05) is 0 Å². The molecule has 224 valence electrons. The topological polar surface area (TPSA) is 0 Å². The van der Waals surface area contributed by atoms with Crippen LogP contribution in [0.25, 0.3) is 60.9 Å². The molecule has 2 unspecified atom stereocenters. The molecule has 47 heavy (non-hydrogen) atoms. The maximum Gasteiger partial charge on any atom is 0.0159 e. The molecule has 0 bridgehead atoms. The van der Waals surface area contributed by atoms with Gasteiger partial charge in [-0.2, -0.15) is 0 Å². The highest BCUT2D eigenvalue weighted by molar-refractivity contribution is 6.05. The summed E-state index contributed by atoms with van der Waals surface area (Å²) in [5.41, 5.74) is 19.5. The van der Waals surface area contributed by atoms with Crippen molar-refractivity contribution in [2.45, 2.75) is 38.0 Å². The third kappa shape index (κ3) is 3.82. The molecule has 0 heterocycles. The average molecular weight is 601 g/mol. The van der Waals surface area contributed by atoms with Gasteiger partial charge in [-0.25, -0.2) is 0 Å². The van der Waals surface area contributed by atoms with Crippen molar-refractivity contribution in [2.24, 2.45) is 5.92 Å². The van der Waals surface area contributed by atoms with Gasteiger partial charge in [0.25, 0.3) is 0 Å². The second kappa shape index (κ2) is 9.90. The summed E-state index contributed by atoms with van der Waals surface area (Å²) in [5, 5.41) is 2.60. The van der Waals surface area contributed by atoms with Crippen molar-refractivity contribution >= 4 is 16.3 Å². The van der Waals surface area contributed by atoms with Crippen molar-refractivity contribution in [1.82, 2.24) is 0 Å². The largest absolute Gasteiger partial charge is 0.0797 e. The van der Waals surface area contributed by atoms with E-state index in [0.717, 1.165) is 12.8 Å². The lowest BCUT2D eigenvalue weighted by Crippen LogP contribution is -2.14. The lowest BCUT2D eigenvalue weighted by molar-refractivity contribution is 0.660. The van der Waals surface area contributed by atoms with Gasteiger partial charge in [0.05, 0.1) is 0 Å². The van der Waals surface area contributed by atoms with Crippen LogP contribution >= 0.6 is 0 Å². The molecule has 6 aromatic carbocycles. The summed E-state index contributed by atoms with van der Waals surface area (Å²) in [7, 11) is 0. The van der Waals surface area contributed by atoms with E-state index in [4.69, 9.17) is 0 Å². The Kier molecular flexibility index (Phi) is 5.68. The van der Waals surface area contributed by atoms with Crippen molar-refractivity contribution < 1.29 is 0 Å². The van der Waals surface area contributed by atoms with Gasteiger partial charge in [0.1, 0.15) is 0 Å². The molecular weight excluding hydrogens is 565 g/mol. The van der Waals surface area contributed by atoms with Gasteiger partial charge in [0.2, 0.25) is 0 Å². The number of fused-ring (bicyclic) bond motifs is 7. The zero-order valence-electron chi connectivity index (χ0n) is 26.9. The first-order valence-electron chi connectivity index (χ1n) is 17.2. The molecule has 10 rings (SSSR count). The van der Waals surface area contributed by atoms with Crippen LogP contribution in [0.3, 0.4) is 0 Å². The van der Waals surface area contributed by atoms with Gasteiger partial charge in [-0.3, -0.25) is 0 Å². The normalized spacial score (nSPS) is 19.2.